The number of piperidine rings is 1. The average molecular weight is 418 g/mol. The van der Waals surface area contributed by atoms with Gasteiger partial charge < -0.3 is 14.6 Å². The molecule has 4 nitrogen and oxygen atoms in total. The van der Waals surface area contributed by atoms with Gasteiger partial charge >= 0.3 is 5.38 Å². The Balaban J connectivity index is 1.82. The van der Waals surface area contributed by atoms with Gasteiger partial charge in [-0.2, -0.15) is 8.78 Å². The number of fused-ring (bicyclic) bond motifs is 3. The summed E-state index contributed by atoms with van der Waals surface area (Å²) in [7, 11) is 1.49. The fourth-order valence-electron chi connectivity index (χ4n) is 4.52. The van der Waals surface area contributed by atoms with E-state index in [0.717, 1.165) is 37.1 Å². The molecular weight excluding hydrogens is 388 g/mol. The van der Waals surface area contributed by atoms with Crippen LogP contribution in [-0.4, -0.2) is 48.3 Å². The third kappa shape index (κ3) is 5.08. The van der Waals surface area contributed by atoms with E-state index < -0.39 is 12.0 Å². The largest absolute Gasteiger partial charge is 0.493 e. The Labute approximate surface area is 170 Å². The van der Waals surface area contributed by atoms with Gasteiger partial charge in [0.25, 0.3) is 0 Å². The molecule has 1 N–H and O–H groups in total. The zero-order valence-electron chi connectivity index (χ0n) is 17.0. The third-order valence-corrected chi connectivity index (χ3v) is 5.75. The molecule has 0 saturated carbocycles. The lowest BCUT2D eigenvalue weighted by molar-refractivity contribution is -0.0259. The minimum Gasteiger partial charge on any atom is -0.493 e. The minimum atomic E-state index is -3.42. The highest BCUT2D eigenvalue weighted by atomic mass is 35.5. The summed E-state index contributed by atoms with van der Waals surface area (Å²) >= 11 is 4.95. The number of methoxy groups -OCH3 is 1. The van der Waals surface area contributed by atoms with Crippen LogP contribution in [0.15, 0.2) is 12.1 Å². The number of alkyl halides is 3. The van der Waals surface area contributed by atoms with Crippen LogP contribution in [-0.2, 0) is 6.42 Å². The Morgan fingerprint density at radius 3 is 2.57 bits per heavy atom. The summed E-state index contributed by atoms with van der Waals surface area (Å²) in [5.41, 5.74) is 2.31. The molecule has 1 aromatic rings. The van der Waals surface area contributed by atoms with Crippen molar-refractivity contribution in [1.82, 2.24) is 4.90 Å². The van der Waals surface area contributed by atoms with Gasteiger partial charge in [-0.3, -0.25) is 4.90 Å². The number of ether oxygens (including phenoxy) is 2. The molecule has 3 atom stereocenters. The highest BCUT2D eigenvalue weighted by Gasteiger charge is 2.40. The molecule has 158 valence electrons. The van der Waals surface area contributed by atoms with Gasteiger partial charge in [-0.05, 0) is 65.5 Å². The van der Waals surface area contributed by atoms with Crippen LogP contribution in [0.25, 0.3) is 0 Å². The van der Waals surface area contributed by atoms with E-state index in [0.29, 0.717) is 12.2 Å². The Hall–Kier alpha value is -1.11. The molecular formula is C21H30ClF2NO3. The summed E-state index contributed by atoms with van der Waals surface area (Å²) in [6, 6.07) is 3.75. The second kappa shape index (κ2) is 7.96. The number of hydrogen-bond acceptors (Lipinski definition) is 4. The number of benzene rings is 1. The molecule has 0 spiro atoms. The van der Waals surface area contributed by atoms with E-state index in [-0.39, 0.29) is 29.2 Å². The van der Waals surface area contributed by atoms with Gasteiger partial charge in [-0.25, -0.2) is 0 Å². The second-order valence-corrected chi connectivity index (χ2v) is 9.75. The van der Waals surface area contributed by atoms with Gasteiger partial charge in [0.15, 0.2) is 18.1 Å². The van der Waals surface area contributed by atoms with Crippen molar-refractivity contribution >= 4 is 11.6 Å². The number of aliphatic hydroxyl groups is 1. The Morgan fingerprint density at radius 1 is 1.25 bits per heavy atom. The number of aliphatic hydroxyl groups excluding tert-OH is 1. The molecule has 2 heterocycles. The molecule has 2 aliphatic rings. The zero-order chi connectivity index (χ0) is 20.7. The predicted molar refractivity (Wildman–Crippen MR) is 105 cm³/mol. The SMILES string of the molecule is COc1cc2c(cc1OCC(F)(F)Cl)CCN1CC(CC(C)(C)C)C(O)CC21. The monoisotopic (exact) mass is 417 g/mol. The molecule has 3 rings (SSSR count). The Kier molecular flexibility index (Phi) is 6.14. The van der Waals surface area contributed by atoms with Crippen molar-refractivity contribution in [2.45, 2.75) is 57.6 Å². The van der Waals surface area contributed by atoms with Gasteiger partial charge in [-0.15, -0.1) is 0 Å². The van der Waals surface area contributed by atoms with Crippen molar-refractivity contribution in [3.05, 3.63) is 23.3 Å². The Bertz CT molecular complexity index is 702. The zero-order valence-corrected chi connectivity index (χ0v) is 17.7. The number of nitrogens with zero attached hydrogens (tertiary/aromatic N) is 1. The lowest BCUT2D eigenvalue weighted by Gasteiger charge is -2.47. The number of rotatable bonds is 5. The van der Waals surface area contributed by atoms with E-state index >= 15 is 0 Å². The first-order valence-corrected chi connectivity index (χ1v) is 10.2. The van der Waals surface area contributed by atoms with Crippen LogP contribution in [0.3, 0.4) is 0 Å². The molecule has 7 heteroatoms. The number of halogens is 3. The van der Waals surface area contributed by atoms with E-state index in [1.165, 1.54) is 7.11 Å². The first-order valence-electron chi connectivity index (χ1n) is 9.79. The maximum atomic E-state index is 13.0. The standard InChI is InChI=1S/C21H30ClF2NO3/c1-20(2,3)10-14-11-25-6-5-13-7-19(28-12-21(22,23)24)18(27-4)8-15(13)16(25)9-17(14)26/h7-8,14,16-17,26H,5-6,9-12H2,1-4H3. The minimum absolute atomic E-state index is 0.104. The fourth-order valence-corrected chi connectivity index (χ4v) is 4.57. The van der Waals surface area contributed by atoms with Crippen LogP contribution in [0.5, 0.6) is 11.5 Å². The van der Waals surface area contributed by atoms with Crippen molar-refractivity contribution in [2.75, 3.05) is 26.8 Å². The van der Waals surface area contributed by atoms with E-state index in [1.807, 2.05) is 6.07 Å². The molecule has 0 amide bonds. The van der Waals surface area contributed by atoms with Gasteiger partial charge in [0, 0.05) is 19.1 Å². The first-order chi connectivity index (χ1) is 13.0. The maximum absolute atomic E-state index is 13.0. The van der Waals surface area contributed by atoms with Gasteiger partial charge in [-0.1, -0.05) is 20.8 Å². The molecule has 28 heavy (non-hydrogen) atoms. The van der Waals surface area contributed by atoms with Crippen LogP contribution in [0, 0.1) is 11.3 Å². The predicted octanol–water partition coefficient (Wildman–Crippen LogP) is 4.62. The van der Waals surface area contributed by atoms with Crippen molar-refractivity contribution in [1.29, 1.82) is 0 Å². The van der Waals surface area contributed by atoms with E-state index in [2.05, 4.69) is 25.7 Å². The Morgan fingerprint density at radius 2 is 1.96 bits per heavy atom. The molecule has 0 radical (unpaired) electrons. The third-order valence-electron chi connectivity index (χ3n) is 5.64. The van der Waals surface area contributed by atoms with Crippen LogP contribution < -0.4 is 9.47 Å². The van der Waals surface area contributed by atoms with E-state index in [9.17, 15) is 13.9 Å². The van der Waals surface area contributed by atoms with Gasteiger partial charge in [0.1, 0.15) is 0 Å². The van der Waals surface area contributed by atoms with Crippen LogP contribution in [0.4, 0.5) is 8.78 Å². The van der Waals surface area contributed by atoms with E-state index in [4.69, 9.17) is 21.1 Å². The van der Waals surface area contributed by atoms with E-state index in [1.54, 1.807) is 6.07 Å². The van der Waals surface area contributed by atoms with Crippen LogP contribution in [0.1, 0.15) is 50.8 Å². The molecule has 3 unspecified atom stereocenters. The van der Waals surface area contributed by atoms with Crippen molar-refractivity contribution in [3.63, 3.8) is 0 Å². The van der Waals surface area contributed by atoms with Crippen LogP contribution in [0.2, 0.25) is 0 Å². The smallest absolute Gasteiger partial charge is 0.355 e. The molecule has 0 aliphatic carbocycles. The average Bonchev–Trinajstić information content (AvgIpc) is 2.58. The number of hydrogen-bond donors (Lipinski definition) is 1. The summed E-state index contributed by atoms with van der Waals surface area (Å²) in [6.07, 6.45) is 2.09. The fraction of sp³-hybridized carbons (Fsp3) is 0.714. The van der Waals surface area contributed by atoms with Crippen molar-refractivity contribution in [2.24, 2.45) is 11.3 Å². The molecule has 0 aromatic heterocycles. The highest BCUT2D eigenvalue weighted by Crippen LogP contribution is 2.44. The molecule has 1 saturated heterocycles. The summed E-state index contributed by atoms with van der Waals surface area (Å²) in [5.74, 6) is 0.943. The first kappa shape index (κ1) is 21.6. The van der Waals surface area contributed by atoms with Gasteiger partial charge in [0.05, 0.1) is 13.2 Å². The van der Waals surface area contributed by atoms with Gasteiger partial charge in [0.2, 0.25) is 0 Å². The summed E-state index contributed by atoms with van der Waals surface area (Å²) in [4.78, 5) is 2.43. The normalized spacial score (nSPS) is 25.8. The lowest BCUT2D eigenvalue weighted by Crippen LogP contribution is -2.48. The molecule has 1 aromatic carbocycles. The van der Waals surface area contributed by atoms with Crippen molar-refractivity contribution < 1.29 is 23.4 Å². The molecule has 1 fully saturated rings. The molecule has 2 aliphatic heterocycles. The summed E-state index contributed by atoms with van der Waals surface area (Å²) < 4.78 is 36.5. The summed E-state index contributed by atoms with van der Waals surface area (Å²) in [5, 5.41) is 7.35. The maximum Gasteiger partial charge on any atom is 0.355 e. The summed E-state index contributed by atoms with van der Waals surface area (Å²) in [6.45, 7) is 7.44. The lowest BCUT2D eigenvalue weighted by atomic mass is 9.75. The quantitative estimate of drug-likeness (QED) is 0.710. The second-order valence-electron chi connectivity index (χ2n) is 9.19. The van der Waals surface area contributed by atoms with Crippen LogP contribution >= 0.6 is 11.6 Å². The topological polar surface area (TPSA) is 41.9 Å². The molecule has 0 bridgehead atoms. The highest BCUT2D eigenvalue weighted by molar-refractivity contribution is 6.21. The van der Waals surface area contributed by atoms with Crippen molar-refractivity contribution in [3.8, 4) is 11.5 Å².